The third-order valence-electron chi connectivity index (χ3n) is 2.50. The van der Waals surface area contributed by atoms with E-state index >= 15 is 0 Å². The number of nitrogen functional groups attached to an aromatic ring is 1. The van der Waals surface area contributed by atoms with Crippen molar-refractivity contribution < 1.29 is 4.74 Å². The first-order valence-electron chi connectivity index (χ1n) is 6.00. The fraction of sp³-hybridized carbons (Fsp3) is 0.214. The summed E-state index contributed by atoms with van der Waals surface area (Å²) in [6.45, 7) is 3.80. The van der Waals surface area contributed by atoms with E-state index in [1.807, 2.05) is 13.8 Å². The van der Waals surface area contributed by atoms with Gasteiger partial charge in [-0.05, 0) is 32.0 Å². The number of rotatable bonds is 3. The smallest absolute Gasteiger partial charge is 0.220 e. The monoisotopic (exact) mass is 288 g/mol. The maximum atomic E-state index is 9.21. The Balaban J connectivity index is 2.49. The molecular formula is C14H13ClN4O. The Morgan fingerprint density at radius 1 is 1.40 bits per heavy atom. The number of anilines is 1. The second kappa shape index (κ2) is 5.76. The van der Waals surface area contributed by atoms with Gasteiger partial charge in [0.15, 0.2) is 0 Å². The first-order chi connectivity index (χ1) is 9.51. The minimum absolute atomic E-state index is 0.00812. The van der Waals surface area contributed by atoms with Crippen LogP contribution in [0.4, 0.5) is 5.95 Å². The predicted molar refractivity (Wildman–Crippen MR) is 77.4 cm³/mol. The van der Waals surface area contributed by atoms with Gasteiger partial charge >= 0.3 is 0 Å². The van der Waals surface area contributed by atoms with Gasteiger partial charge in [-0.3, -0.25) is 0 Å². The van der Waals surface area contributed by atoms with Crippen molar-refractivity contribution >= 4 is 17.5 Å². The van der Waals surface area contributed by atoms with E-state index in [4.69, 9.17) is 22.1 Å². The number of hydrogen-bond donors (Lipinski definition) is 1. The summed E-state index contributed by atoms with van der Waals surface area (Å²) >= 11 is 6.06. The molecule has 0 aliphatic heterocycles. The number of halogens is 1. The van der Waals surface area contributed by atoms with E-state index in [0.29, 0.717) is 27.6 Å². The van der Waals surface area contributed by atoms with Crippen LogP contribution in [0.1, 0.15) is 19.4 Å². The summed E-state index contributed by atoms with van der Waals surface area (Å²) in [7, 11) is 0. The van der Waals surface area contributed by atoms with Gasteiger partial charge in [0.05, 0.1) is 28.6 Å². The molecule has 1 aromatic heterocycles. The molecule has 6 heteroatoms. The number of hydrogen-bond acceptors (Lipinski definition) is 5. The van der Waals surface area contributed by atoms with Crippen LogP contribution >= 0.6 is 11.6 Å². The van der Waals surface area contributed by atoms with E-state index in [0.717, 1.165) is 0 Å². The number of nitrogens with zero attached hydrogens (tertiary/aromatic N) is 3. The standard InChI is InChI=1S/C14H13ClN4O/c1-8(2)20-12-4-3-9(5-10(12)6-16)13-11(15)7-18-14(17)19-13/h3-5,7-8H,1-2H3,(H2,17,18,19). The van der Waals surface area contributed by atoms with Crippen molar-refractivity contribution in [3.05, 3.63) is 35.0 Å². The second-order valence-corrected chi connectivity index (χ2v) is 4.82. The van der Waals surface area contributed by atoms with E-state index in [1.54, 1.807) is 18.2 Å². The molecule has 2 N–H and O–H groups in total. The van der Waals surface area contributed by atoms with Crippen LogP contribution in [0.25, 0.3) is 11.3 Å². The van der Waals surface area contributed by atoms with E-state index in [2.05, 4.69) is 16.0 Å². The van der Waals surface area contributed by atoms with Crippen LogP contribution in [0.5, 0.6) is 5.75 Å². The molecule has 0 bridgehead atoms. The highest BCUT2D eigenvalue weighted by Gasteiger charge is 2.11. The fourth-order valence-corrected chi connectivity index (χ4v) is 1.90. The average Bonchev–Trinajstić information content (AvgIpc) is 2.41. The van der Waals surface area contributed by atoms with Gasteiger partial charge in [-0.15, -0.1) is 0 Å². The second-order valence-electron chi connectivity index (χ2n) is 4.41. The first-order valence-corrected chi connectivity index (χ1v) is 6.38. The van der Waals surface area contributed by atoms with Crippen molar-refractivity contribution in [2.24, 2.45) is 0 Å². The molecule has 0 amide bonds. The highest BCUT2D eigenvalue weighted by molar-refractivity contribution is 6.32. The van der Waals surface area contributed by atoms with Crippen LogP contribution in [-0.4, -0.2) is 16.1 Å². The van der Waals surface area contributed by atoms with Crippen molar-refractivity contribution in [3.63, 3.8) is 0 Å². The lowest BCUT2D eigenvalue weighted by atomic mass is 10.1. The molecule has 1 aromatic carbocycles. The van der Waals surface area contributed by atoms with Gasteiger partial charge in [0.2, 0.25) is 5.95 Å². The summed E-state index contributed by atoms with van der Waals surface area (Å²) in [6.07, 6.45) is 1.43. The molecule has 0 atom stereocenters. The summed E-state index contributed by atoms with van der Waals surface area (Å²) in [5, 5.41) is 9.58. The Morgan fingerprint density at radius 2 is 2.15 bits per heavy atom. The van der Waals surface area contributed by atoms with E-state index in [1.165, 1.54) is 6.20 Å². The lowest BCUT2D eigenvalue weighted by Gasteiger charge is -2.12. The highest BCUT2D eigenvalue weighted by Crippen LogP contribution is 2.30. The molecule has 20 heavy (non-hydrogen) atoms. The third kappa shape index (κ3) is 2.98. The largest absolute Gasteiger partial charge is 0.490 e. The van der Waals surface area contributed by atoms with Crippen molar-refractivity contribution in [1.82, 2.24) is 9.97 Å². The minimum Gasteiger partial charge on any atom is -0.490 e. The SMILES string of the molecule is CC(C)Oc1ccc(-c2nc(N)ncc2Cl)cc1C#N. The van der Waals surface area contributed by atoms with E-state index in [-0.39, 0.29) is 12.1 Å². The van der Waals surface area contributed by atoms with E-state index < -0.39 is 0 Å². The number of aromatic nitrogens is 2. The highest BCUT2D eigenvalue weighted by atomic mass is 35.5. The number of nitriles is 1. The zero-order chi connectivity index (χ0) is 14.7. The van der Waals surface area contributed by atoms with Crippen LogP contribution in [0, 0.1) is 11.3 Å². The summed E-state index contributed by atoms with van der Waals surface area (Å²) in [4.78, 5) is 7.90. The summed E-state index contributed by atoms with van der Waals surface area (Å²) in [5.74, 6) is 0.662. The number of ether oxygens (including phenoxy) is 1. The molecule has 102 valence electrons. The summed E-state index contributed by atoms with van der Waals surface area (Å²) in [5.41, 5.74) is 7.17. The Labute approximate surface area is 122 Å². The van der Waals surface area contributed by atoms with Crippen LogP contribution in [0.2, 0.25) is 5.02 Å². The molecule has 0 saturated carbocycles. The maximum Gasteiger partial charge on any atom is 0.220 e. The van der Waals surface area contributed by atoms with Crippen molar-refractivity contribution in [2.45, 2.75) is 20.0 Å². The van der Waals surface area contributed by atoms with Crippen molar-refractivity contribution in [1.29, 1.82) is 5.26 Å². The van der Waals surface area contributed by atoms with Gasteiger partial charge in [0.1, 0.15) is 11.8 Å². The Hall–Kier alpha value is -2.32. The molecule has 0 unspecified atom stereocenters. The summed E-state index contributed by atoms with van der Waals surface area (Å²) in [6, 6.07) is 7.28. The molecule has 2 aromatic rings. The van der Waals surface area contributed by atoms with Gasteiger partial charge < -0.3 is 10.5 Å². The average molecular weight is 289 g/mol. The number of nitrogens with two attached hydrogens (primary N) is 1. The van der Waals surface area contributed by atoms with Gasteiger partial charge in [-0.2, -0.15) is 5.26 Å². The van der Waals surface area contributed by atoms with Gasteiger partial charge in [-0.25, -0.2) is 9.97 Å². The Morgan fingerprint density at radius 3 is 2.80 bits per heavy atom. The summed E-state index contributed by atoms with van der Waals surface area (Å²) < 4.78 is 5.57. The molecule has 0 saturated heterocycles. The lowest BCUT2D eigenvalue weighted by molar-refractivity contribution is 0.242. The van der Waals surface area contributed by atoms with Gasteiger partial charge in [0.25, 0.3) is 0 Å². The van der Waals surface area contributed by atoms with Crippen LogP contribution < -0.4 is 10.5 Å². The molecule has 0 aliphatic rings. The topological polar surface area (TPSA) is 84.8 Å². The Kier molecular flexibility index (Phi) is 4.06. The minimum atomic E-state index is -0.00812. The molecule has 0 fully saturated rings. The zero-order valence-electron chi connectivity index (χ0n) is 11.1. The van der Waals surface area contributed by atoms with Crippen molar-refractivity contribution in [3.8, 4) is 23.1 Å². The van der Waals surface area contributed by atoms with Crippen LogP contribution in [-0.2, 0) is 0 Å². The quantitative estimate of drug-likeness (QED) is 0.938. The fourth-order valence-electron chi connectivity index (χ4n) is 1.70. The van der Waals surface area contributed by atoms with Gasteiger partial charge in [0, 0.05) is 5.56 Å². The zero-order valence-corrected chi connectivity index (χ0v) is 11.8. The van der Waals surface area contributed by atoms with Crippen LogP contribution in [0.15, 0.2) is 24.4 Å². The number of benzene rings is 1. The van der Waals surface area contributed by atoms with Gasteiger partial charge in [-0.1, -0.05) is 11.6 Å². The maximum absolute atomic E-state index is 9.21. The molecular weight excluding hydrogens is 276 g/mol. The molecule has 0 spiro atoms. The molecule has 1 heterocycles. The first kappa shape index (κ1) is 14.1. The molecule has 2 rings (SSSR count). The normalized spacial score (nSPS) is 10.3. The Bertz CT molecular complexity index is 679. The van der Waals surface area contributed by atoms with Crippen molar-refractivity contribution in [2.75, 3.05) is 5.73 Å². The lowest BCUT2D eigenvalue weighted by Crippen LogP contribution is -2.06. The third-order valence-corrected chi connectivity index (χ3v) is 2.78. The molecule has 0 radical (unpaired) electrons. The van der Waals surface area contributed by atoms with Crippen LogP contribution in [0.3, 0.4) is 0 Å². The molecule has 5 nitrogen and oxygen atoms in total. The van der Waals surface area contributed by atoms with E-state index in [9.17, 15) is 5.26 Å². The predicted octanol–water partition coefficient (Wildman–Crippen LogP) is 3.04. The molecule has 0 aliphatic carbocycles.